The minimum atomic E-state index is 0.451. The van der Waals surface area contributed by atoms with Crippen LogP contribution in [0.15, 0.2) is 85.7 Å². The summed E-state index contributed by atoms with van der Waals surface area (Å²) < 4.78 is 0. The summed E-state index contributed by atoms with van der Waals surface area (Å²) in [7, 11) is 0. The lowest BCUT2D eigenvalue weighted by Gasteiger charge is -2.08. The second kappa shape index (κ2) is 8.79. The second-order valence-electron chi connectivity index (χ2n) is 7.50. The van der Waals surface area contributed by atoms with Crippen molar-refractivity contribution in [2.24, 2.45) is 11.5 Å². The number of allylic oxidation sites excluding steroid dienone is 1. The number of hydrogen-bond acceptors (Lipinski definition) is 8. The van der Waals surface area contributed by atoms with Crippen molar-refractivity contribution in [3.63, 3.8) is 0 Å². The van der Waals surface area contributed by atoms with Gasteiger partial charge < -0.3 is 27.1 Å². The van der Waals surface area contributed by atoms with Gasteiger partial charge in [-0.1, -0.05) is 18.7 Å². The zero-order valence-corrected chi connectivity index (χ0v) is 18.1. The van der Waals surface area contributed by atoms with E-state index < -0.39 is 0 Å². The number of aromatic amines is 2. The van der Waals surface area contributed by atoms with Gasteiger partial charge in [0.2, 0.25) is 5.95 Å². The van der Waals surface area contributed by atoms with E-state index in [2.05, 4.69) is 47.3 Å². The average Bonchev–Trinajstić information content (AvgIpc) is 3.50. The Balaban J connectivity index is 1.39. The Morgan fingerprint density at radius 2 is 1.91 bits per heavy atom. The molecule has 34 heavy (non-hydrogen) atoms. The van der Waals surface area contributed by atoms with Gasteiger partial charge in [0, 0.05) is 33.7 Å². The van der Waals surface area contributed by atoms with Crippen LogP contribution in [0.4, 0.5) is 11.6 Å². The zero-order valence-electron chi connectivity index (χ0n) is 18.1. The lowest BCUT2D eigenvalue weighted by molar-refractivity contribution is 1.06. The Kier molecular flexibility index (Phi) is 5.37. The molecule has 8 N–H and O–H groups in total. The third kappa shape index (κ3) is 4.15. The van der Waals surface area contributed by atoms with Crippen LogP contribution in [0, 0.1) is 0 Å². The number of hydrogen-bond donors (Lipinski definition) is 6. The fourth-order valence-corrected chi connectivity index (χ4v) is 3.56. The highest BCUT2D eigenvalue weighted by Gasteiger charge is 2.10. The van der Waals surface area contributed by atoms with E-state index in [9.17, 15) is 0 Å². The molecule has 0 saturated carbocycles. The van der Waals surface area contributed by atoms with Crippen molar-refractivity contribution in [3.05, 3.63) is 91.4 Å². The first-order valence-corrected chi connectivity index (χ1v) is 10.4. The van der Waals surface area contributed by atoms with Crippen molar-refractivity contribution < 1.29 is 0 Å². The van der Waals surface area contributed by atoms with Crippen molar-refractivity contribution in [1.29, 1.82) is 0 Å². The summed E-state index contributed by atoms with van der Waals surface area (Å²) in [5.41, 5.74) is 16.8. The normalized spacial score (nSPS) is 11.9. The van der Waals surface area contributed by atoms with Crippen LogP contribution in [0.2, 0.25) is 0 Å². The topological polar surface area (TPSA) is 159 Å². The molecule has 0 radical (unpaired) electrons. The van der Waals surface area contributed by atoms with Gasteiger partial charge in [-0.15, -0.1) is 0 Å². The van der Waals surface area contributed by atoms with Gasteiger partial charge in [0.05, 0.1) is 28.8 Å². The van der Waals surface area contributed by atoms with Gasteiger partial charge in [-0.3, -0.25) is 5.10 Å². The van der Waals surface area contributed by atoms with Crippen molar-refractivity contribution in [1.82, 2.24) is 35.5 Å². The molecule has 5 rings (SSSR count). The summed E-state index contributed by atoms with van der Waals surface area (Å²) in [4.78, 5) is 16.6. The molecule has 0 saturated heterocycles. The number of benzene rings is 2. The van der Waals surface area contributed by atoms with Crippen LogP contribution < -0.4 is 22.1 Å². The maximum absolute atomic E-state index is 5.61. The largest absolute Gasteiger partial charge is 0.405 e. The molecule has 10 nitrogen and oxygen atoms in total. The molecule has 0 aliphatic carbocycles. The summed E-state index contributed by atoms with van der Waals surface area (Å²) in [5.74, 6) is 1.00. The summed E-state index contributed by atoms with van der Waals surface area (Å²) in [5, 5.41) is 15.4. The highest BCUT2D eigenvalue weighted by molar-refractivity contribution is 5.87. The molecule has 0 fully saturated rings. The van der Waals surface area contributed by atoms with E-state index in [1.807, 2.05) is 42.5 Å². The standard InChI is InChI=1S/C24H22N10/c1-14(30-19(11-26)6-7-25)21-9-15-2-3-16(10-22(15)32-21)23-27-13-28-24(33-23)31-18-4-5-20-17(8-18)12-29-34-20/h2-13,30,32H,1,25-26H2,(H,29,34)(H,27,28,31,33)/b7-6-,19-11+. The molecule has 0 aliphatic heterocycles. The minimum absolute atomic E-state index is 0.451. The van der Waals surface area contributed by atoms with E-state index in [1.165, 1.54) is 18.7 Å². The van der Waals surface area contributed by atoms with Crippen molar-refractivity contribution >= 4 is 39.1 Å². The molecule has 168 valence electrons. The summed E-state index contributed by atoms with van der Waals surface area (Å²) in [6.45, 7) is 4.08. The van der Waals surface area contributed by atoms with Gasteiger partial charge in [0.15, 0.2) is 5.82 Å². The minimum Gasteiger partial charge on any atom is -0.405 e. The lowest BCUT2D eigenvalue weighted by atomic mass is 10.1. The SMILES string of the molecule is C=C(NC(/C=C\N)=C/N)c1cc2ccc(-c3ncnc(Nc4ccc5[nH]ncc5c4)n3)cc2[nH]1. The number of rotatable bonds is 7. The van der Waals surface area contributed by atoms with Crippen molar-refractivity contribution in [2.75, 3.05) is 5.32 Å². The molecule has 0 bridgehead atoms. The highest BCUT2D eigenvalue weighted by Crippen LogP contribution is 2.25. The van der Waals surface area contributed by atoms with Crippen LogP contribution in [0.25, 0.3) is 38.9 Å². The molecule has 0 spiro atoms. The Morgan fingerprint density at radius 1 is 1.00 bits per heavy atom. The molecular weight excluding hydrogens is 428 g/mol. The Labute approximate surface area is 194 Å². The van der Waals surface area contributed by atoms with Gasteiger partial charge >= 0.3 is 0 Å². The number of nitrogens with one attached hydrogen (secondary N) is 4. The zero-order chi connectivity index (χ0) is 23.5. The van der Waals surface area contributed by atoms with Crippen LogP contribution in [0.3, 0.4) is 0 Å². The number of nitrogens with zero attached hydrogens (tertiary/aromatic N) is 4. The maximum atomic E-state index is 5.61. The van der Waals surface area contributed by atoms with Gasteiger partial charge in [-0.05, 0) is 42.6 Å². The van der Waals surface area contributed by atoms with E-state index in [0.29, 0.717) is 23.2 Å². The monoisotopic (exact) mass is 450 g/mol. The molecular formula is C24H22N10. The third-order valence-corrected chi connectivity index (χ3v) is 5.22. The van der Waals surface area contributed by atoms with Gasteiger partial charge in [-0.2, -0.15) is 10.1 Å². The molecule has 0 unspecified atom stereocenters. The van der Waals surface area contributed by atoms with E-state index >= 15 is 0 Å². The summed E-state index contributed by atoms with van der Waals surface area (Å²) in [6, 6.07) is 13.8. The Bertz CT molecular complexity index is 1560. The molecule has 0 amide bonds. The number of aromatic nitrogens is 6. The van der Waals surface area contributed by atoms with Crippen LogP contribution in [-0.2, 0) is 0 Å². The first kappa shape index (κ1) is 20.8. The lowest BCUT2D eigenvalue weighted by Crippen LogP contribution is -2.11. The van der Waals surface area contributed by atoms with E-state index in [4.69, 9.17) is 11.5 Å². The first-order valence-electron chi connectivity index (χ1n) is 10.4. The van der Waals surface area contributed by atoms with Crippen LogP contribution in [-0.4, -0.2) is 30.1 Å². The first-order chi connectivity index (χ1) is 16.6. The van der Waals surface area contributed by atoms with Crippen LogP contribution in [0.5, 0.6) is 0 Å². The molecule has 2 aromatic carbocycles. The molecule has 5 aromatic rings. The molecule has 0 atom stereocenters. The molecule has 3 heterocycles. The Morgan fingerprint density at radius 3 is 2.76 bits per heavy atom. The van der Waals surface area contributed by atoms with Gasteiger partial charge in [0.1, 0.15) is 6.33 Å². The van der Waals surface area contributed by atoms with Crippen molar-refractivity contribution in [2.45, 2.75) is 0 Å². The molecule has 10 heteroatoms. The molecule has 0 aliphatic rings. The fourth-order valence-electron chi connectivity index (χ4n) is 3.56. The quantitative estimate of drug-likeness (QED) is 0.206. The van der Waals surface area contributed by atoms with E-state index in [1.54, 1.807) is 12.3 Å². The average molecular weight is 451 g/mol. The van der Waals surface area contributed by atoms with Gasteiger partial charge in [0.25, 0.3) is 0 Å². The van der Waals surface area contributed by atoms with E-state index in [-0.39, 0.29) is 0 Å². The van der Waals surface area contributed by atoms with Crippen molar-refractivity contribution in [3.8, 4) is 11.4 Å². The summed E-state index contributed by atoms with van der Waals surface area (Å²) in [6.07, 6.45) is 7.75. The Hall–Kier alpha value is -5.12. The third-order valence-electron chi connectivity index (χ3n) is 5.22. The van der Waals surface area contributed by atoms with Crippen LogP contribution >= 0.6 is 0 Å². The number of H-pyrrole nitrogens is 2. The number of nitrogens with two attached hydrogens (primary N) is 2. The summed E-state index contributed by atoms with van der Waals surface area (Å²) >= 11 is 0. The maximum Gasteiger partial charge on any atom is 0.230 e. The molecule has 3 aromatic heterocycles. The number of anilines is 2. The number of fused-ring (bicyclic) bond motifs is 2. The highest BCUT2D eigenvalue weighted by atomic mass is 15.1. The smallest absolute Gasteiger partial charge is 0.230 e. The van der Waals surface area contributed by atoms with Crippen LogP contribution in [0.1, 0.15) is 5.69 Å². The predicted octanol–water partition coefficient (Wildman–Crippen LogP) is 3.47. The van der Waals surface area contributed by atoms with E-state index in [0.717, 1.165) is 38.8 Å². The predicted molar refractivity (Wildman–Crippen MR) is 134 cm³/mol. The second-order valence-corrected chi connectivity index (χ2v) is 7.50. The fraction of sp³-hybridized carbons (Fsp3) is 0. The van der Waals surface area contributed by atoms with Gasteiger partial charge in [-0.25, -0.2) is 9.97 Å².